The highest BCUT2D eigenvalue weighted by Crippen LogP contribution is 2.50. The molecule has 8 nitrogen and oxygen atoms in total. The van der Waals surface area contributed by atoms with Gasteiger partial charge in [0.05, 0.1) is 24.7 Å². The number of rotatable bonds is 4. The van der Waals surface area contributed by atoms with E-state index in [9.17, 15) is 15.0 Å². The summed E-state index contributed by atoms with van der Waals surface area (Å²) in [7, 11) is 0. The largest absolute Gasteiger partial charge is 0.384 e. The Labute approximate surface area is 222 Å². The van der Waals surface area contributed by atoms with Crippen molar-refractivity contribution in [2.45, 2.75) is 56.7 Å². The lowest BCUT2D eigenvalue weighted by Gasteiger charge is -2.36. The van der Waals surface area contributed by atoms with E-state index in [2.05, 4.69) is 40.3 Å². The Bertz CT molecular complexity index is 1450. The highest BCUT2D eigenvalue weighted by atomic mass is 16.5. The monoisotopic (exact) mass is 514 g/mol. The van der Waals surface area contributed by atoms with Crippen LogP contribution in [0.25, 0.3) is 22.2 Å². The Hall–Kier alpha value is -3.22. The second-order valence-electron chi connectivity index (χ2n) is 11.2. The number of fused-ring (bicyclic) bond motifs is 2. The van der Waals surface area contributed by atoms with E-state index in [-0.39, 0.29) is 24.0 Å². The third kappa shape index (κ3) is 4.50. The van der Waals surface area contributed by atoms with Crippen LogP contribution in [-0.4, -0.2) is 69.5 Å². The van der Waals surface area contributed by atoms with Gasteiger partial charge in [-0.3, -0.25) is 4.79 Å². The molecule has 4 N–H and O–H groups in total. The van der Waals surface area contributed by atoms with Gasteiger partial charge in [-0.05, 0) is 73.1 Å². The number of hydrogen-bond donors (Lipinski definition) is 4. The molecule has 4 heterocycles. The van der Waals surface area contributed by atoms with E-state index in [0.717, 1.165) is 64.7 Å². The van der Waals surface area contributed by atoms with Gasteiger partial charge < -0.3 is 30.2 Å². The van der Waals surface area contributed by atoms with E-state index in [4.69, 9.17) is 9.72 Å². The van der Waals surface area contributed by atoms with Crippen molar-refractivity contribution >= 4 is 16.9 Å². The molecular formula is C30H34N4O4. The number of morpholine rings is 1. The van der Waals surface area contributed by atoms with Gasteiger partial charge in [0.15, 0.2) is 0 Å². The summed E-state index contributed by atoms with van der Waals surface area (Å²) < 4.78 is 5.81. The van der Waals surface area contributed by atoms with E-state index >= 15 is 0 Å². The van der Waals surface area contributed by atoms with Crippen LogP contribution in [0.4, 0.5) is 0 Å². The van der Waals surface area contributed by atoms with E-state index in [1.165, 1.54) is 5.56 Å². The molecule has 1 saturated heterocycles. The lowest BCUT2D eigenvalue weighted by atomic mass is 9.86. The average molecular weight is 515 g/mol. The van der Waals surface area contributed by atoms with Crippen LogP contribution in [0, 0.1) is 11.8 Å². The second kappa shape index (κ2) is 9.51. The van der Waals surface area contributed by atoms with Crippen LogP contribution >= 0.6 is 0 Å². The molecule has 1 amide bonds. The van der Waals surface area contributed by atoms with Crippen molar-refractivity contribution in [3.63, 3.8) is 0 Å². The molecule has 0 radical (unpaired) electrons. The normalized spacial score (nSPS) is 20.5. The number of ether oxygens (including phenoxy) is 1. The highest BCUT2D eigenvalue weighted by Gasteiger charge is 2.44. The van der Waals surface area contributed by atoms with Crippen molar-refractivity contribution in [1.29, 1.82) is 0 Å². The highest BCUT2D eigenvalue weighted by molar-refractivity contribution is 5.87. The van der Waals surface area contributed by atoms with Crippen LogP contribution in [0.2, 0.25) is 0 Å². The molecule has 0 bridgehead atoms. The number of amides is 1. The number of nitrogens with one attached hydrogen (secondary N) is 2. The molecule has 38 heavy (non-hydrogen) atoms. The number of carbonyl (C=O) groups excluding carboxylic acids is 1. The SMILES string of the molecule is CC(C)(O)C(=O)N1CCc2cc(-c3cnc4[nH]cc(C5(C#CCO)CC5)c4c3)cc([C@@H]3COCCN3)c2C1. The summed E-state index contributed by atoms with van der Waals surface area (Å²) in [5.74, 6) is 5.88. The molecule has 1 aromatic carbocycles. The number of benzene rings is 1. The van der Waals surface area contributed by atoms with Crippen molar-refractivity contribution in [2.24, 2.45) is 0 Å². The summed E-state index contributed by atoms with van der Waals surface area (Å²) >= 11 is 0. The first-order valence-corrected chi connectivity index (χ1v) is 13.4. The summed E-state index contributed by atoms with van der Waals surface area (Å²) in [6.45, 7) is 6.02. The lowest BCUT2D eigenvalue weighted by molar-refractivity contribution is -0.148. The van der Waals surface area contributed by atoms with Crippen LogP contribution in [-0.2, 0) is 27.9 Å². The van der Waals surface area contributed by atoms with E-state index in [1.54, 1.807) is 18.7 Å². The van der Waals surface area contributed by atoms with Gasteiger partial charge in [0.1, 0.15) is 17.9 Å². The topological polar surface area (TPSA) is 111 Å². The molecule has 1 saturated carbocycles. The average Bonchev–Trinajstić information content (AvgIpc) is 3.59. The zero-order valence-electron chi connectivity index (χ0n) is 21.9. The summed E-state index contributed by atoms with van der Waals surface area (Å²) in [6, 6.07) is 6.65. The van der Waals surface area contributed by atoms with Crippen LogP contribution in [0.1, 0.15) is 55.0 Å². The van der Waals surface area contributed by atoms with Crippen molar-refractivity contribution in [2.75, 3.05) is 32.9 Å². The van der Waals surface area contributed by atoms with Gasteiger partial charge >= 0.3 is 0 Å². The molecule has 1 aliphatic carbocycles. The Morgan fingerprint density at radius 3 is 2.84 bits per heavy atom. The number of hydrogen-bond acceptors (Lipinski definition) is 6. The quantitative estimate of drug-likeness (QED) is 0.399. The third-order valence-electron chi connectivity index (χ3n) is 8.02. The fourth-order valence-corrected chi connectivity index (χ4v) is 5.85. The van der Waals surface area contributed by atoms with Gasteiger partial charge in [-0.15, -0.1) is 0 Å². The number of H-pyrrole nitrogens is 1. The molecule has 198 valence electrons. The van der Waals surface area contributed by atoms with Crippen LogP contribution in [0.15, 0.2) is 30.6 Å². The van der Waals surface area contributed by atoms with Gasteiger partial charge in [-0.2, -0.15) is 0 Å². The predicted octanol–water partition coefficient (Wildman–Crippen LogP) is 2.57. The Morgan fingerprint density at radius 1 is 1.29 bits per heavy atom. The first-order chi connectivity index (χ1) is 18.3. The van der Waals surface area contributed by atoms with Crippen molar-refractivity contribution < 1.29 is 19.7 Å². The maximum atomic E-state index is 12.9. The number of aliphatic hydroxyl groups is 2. The Kier molecular flexibility index (Phi) is 6.28. The molecule has 0 spiro atoms. The maximum absolute atomic E-state index is 12.9. The van der Waals surface area contributed by atoms with E-state index in [1.807, 2.05) is 12.4 Å². The van der Waals surface area contributed by atoms with Crippen LogP contribution in [0.5, 0.6) is 0 Å². The standard InChI is InChI=1S/C30H34N4O4/c1-29(2,37)28(36)34-9-4-19-12-20(13-22(24(19)17-34)26-18-38-11-8-31-26)21-14-23-25(16-33-27(23)32-15-21)30(6-7-30)5-3-10-35/h12-16,26,31,35,37H,4,6-11,17-18H2,1-2H3,(H,32,33)/t26-/m0/s1. The van der Waals surface area contributed by atoms with Crippen LogP contribution in [0.3, 0.4) is 0 Å². The second-order valence-corrected chi connectivity index (χ2v) is 11.2. The van der Waals surface area contributed by atoms with Crippen molar-refractivity contribution in [3.05, 3.63) is 52.8 Å². The number of aromatic amines is 1. The summed E-state index contributed by atoms with van der Waals surface area (Å²) in [5.41, 5.74) is 5.96. The van der Waals surface area contributed by atoms with Gasteiger partial charge in [-0.25, -0.2) is 4.98 Å². The molecule has 2 fully saturated rings. The molecule has 6 rings (SSSR count). The van der Waals surface area contributed by atoms with Crippen LogP contribution < -0.4 is 5.32 Å². The maximum Gasteiger partial charge on any atom is 0.254 e. The summed E-state index contributed by atoms with van der Waals surface area (Å²) in [4.78, 5) is 22.7. The van der Waals surface area contributed by atoms with E-state index < -0.39 is 5.60 Å². The predicted molar refractivity (Wildman–Crippen MR) is 144 cm³/mol. The molecular weight excluding hydrogens is 480 g/mol. The Morgan fingerprint density at radius 2 is 2.13 bits per heavy atom. The minimum atomic E-state index is -1.40. The minimum Gasteiger partial charge on any atom is -0.384 e. The molecule has 3 aliphatic rings. The molecule has 1 atom stereocenters. The first kappa shape index (κ1) is 25.1. The van der Waals surface area contributed by atoms with Gasteiger partial charge in [0.2, 0.25) is 0 Å². The Balaban J connectivity index is 1.42. The zero-order valence-corrected chi connectivity index (χ0v) is 21.9. The molecule has 3 aromatic rings. The van der Waals surface area contributed by atoms with E-state index in [0.29, 0.717) is 26.3 Å². The summed E-state index contributed by atoms with van der Waals surface area (Å²) in [5, 5.41) is 24.2. The van der Waals surface area contributed by atoms with Crippen molar-refractivity contribution in [1.82, 2.24) is 20.2 Å². The number of aromatic nitrogens is 2. The molecule has 8 heteroatoms. The van der Waals surface area contributed by atoms with Crippen molar-refractivity contribution in [3.8, 4) is 23.0 Å². The fraction of sp³-hybridized carbons (Fsp3) is 0.467. The minimum absolute atomic E-state index is 0.0256. The number of aliphatic hydroxyl groups excluding tert-OH is 1. The molecule has 2 aromatic heterocycles. The van der Waals surface area contributed by atoms with Gasteiger partial charge in [0.25, 0.3) is 5.91 Å². The lowest BCUT2D eigenvalue weighted by Crippen LogP contribution is -2.47. The fourth-order valence-electron chi connectivity index (χ4n) is 5.85. The smallest absolute Gasteiger partial charge is 0.254 e. The third-order valence-corrected chi connectivity index (χ3v) is 8.02. The zero-order chi connectivity index (χ0) is 26.5. The number of nitrogens with zero attached hydrogens (tertiary/aromatic N) is 2. The van der Waals surface area contributed by atoms with Gasteiger partial charge in [-0.1, -0.05) is 17.9 Å². The van der Waals surface area contributed by atoms with Gasteiger partial charge in [0, 0.05) is 43.0 Å². The molecule has 2 aliphatic heterocycles. The number of carbonyl (C=O) groups is 1. The molecule has 0 unspecified atom stereocenters. The number of pyridine rings is 1. The summed E-state index contributed by atoms with van der Waals surface area (Å²) in [6.07, 6.45) is 6.60. The first-order valence-electron chi connectivity index (χ1n) is 13.4.